The van der Waals surface area contributed by atoms with Crippen molar-refractivity contribution in [3.63, 3.8) is 0 Å². The lowest BCUT2D eigenvalue weighted by molar-refractivity contribution is 0.0958. The van der Waals surface area contributed by atoms with Crippen molar-refractivity contribution >= 4 is 22.6 Å². The zero-order valence-corrected chi connectivity index (χ0v) is 11.7. The van der Waals surface area contributed by atoms with Gasteiger partial charge in [0.2, 0.25) is 0 Å². The van der Waals surface area contributed by atoms with Crippen LogP contribution in [-0.2, 0) is 0 Å². The van der Waals surface area contributed by atoms with E-state index in [0.717, 1.165) is 5.52 Å². The fourth-order valence-corrected chi connectivity index (χ4v) is 2.63. The van der Waals surface area contributed by atoms with Gasteiger partial charge < -0.3 is 0 Å². The standard InChI is InChI=1S/C16H11FN4O/c1-10-15(20-8-11(17)6-7-14(20)19-10)16(22)21-9-18-12-4-2-3-5-13(12)21/h2-9H,1H3. The fourth-order valence-electron chi connectivity index (χ4n) is 2.63. The van der Waals surface area contributed by atoms with Crippen LogP contribution in [0.5, 0.6) is 0 Å². The highest BCUT2D eigenvalue weighted by atomic mass is 19.1. The van der Waals surface area contributed by atoms with Gasteiger partial charge in [-0.25, -0.2) is 14.4 Å². The Balaban J connectivity index is 1.97. The van der Waals surface area contributed by atoms with Gasteiger partial charge in [-0.3, -0.25) is 13.8 Å². The van der Waals surface area contributed by atoms with E-state index in [1.54, 1.807) is 13.0 Å². The maximum atomic E-state index is 13.5. The number of carbonyl (C=O) groups is 1. The number of imidazole rings is 2. The summed E-state index contributed by atoms with van der Waals surface area (Å²) in [5.74, 6) is -0.710. The van der Waals surface area contributed by atoms with Crippen molar-refractivity contribution < 1.29 is 9.18 Å². The van der Waals surface area contributed by atoms with Crippen LogP contribution in [-0.4, -0.2) is 24.8 Å². The molecule has 5 nitrogen and oxygen atoms in total. The summed E-state index contributed by atoms with van der Waals surface area (Å²) in [5, 5.41) is 0. The molecule has 0 spiro atoms. The van der Waals surface area contributed by atoms with Crippen LogP contribution in [0.25, 0.3) is 16.7 Å². The molecule has 6 heteroatoms. The van der Waals surface area contributed by atoms with Crippen LogP contribution in [0.15, 0.2) is 48.9 Å². The summed E-state index contributed by atoms with van der Waals surface area (Å²) in [4.78, 5) is 21.4. The number of hydrogen-bond donors (Lipinski definition) is 0. The van der Waals surface area contributed by atoms with Crippen molar-refractivity contribution in [1.29, 1.82) is 0 Å². The molecule has 3 aromatic heterocycles. The first kappa shape index (κ1) is 12.7. The highest BCUT2D eigenvalue weighted by Gasteiger charge is 2.20. The van der Waals surface area contributed by atoms with Crippen molar-refractivity contribution in [2.75, 3.05) is 0 Å². The molecule has 4 aromatic rings. The smallest absolute Gasteiger partial charge is 0.282 e. The maximum Gasteiger partial charge on any atom is 0.282 e. The summed E-state index contributed by atoms with van der Waals surface area (Å²) in [7, 11) is 0. The van der Waals surface area contributed by atoms with Gasteiger partial charge in [-0.1, -0.05) is 12.1 Å². The van der Waals surface area contributed by atoms with E-state index in [1.165, 1.54) is 27.6 Å². The molecule has 0 aliphatic carbocycles. The van der Waals surface area contributed by atoms with Gasteiger partial charge in [-0.2, -0.15) is 0 Å². The lowest BCUT2D eigenvalue weighted by Gasteiger charge is -2.04. The minimum Gasteiger partial charge on any atom is -0.292 e. The van der Waals surface area contributed by atoms with Gasteiger partial charge in [0.1, 0.15) is 23.5 Å². The topological polar surface area (TPSA) is 52.2 Å². The Morgan fingerprint density at radius 1 is 1.18 bits per heavy atom. The maximum absolute atomic E-state index is 13.5. The normalized spacial score (nSPS) is 11.4. The number of para-hydroxylation sites is 2. The van der Waals surface area contributed by atoms with Gasteiger partial charge in [0.25, 0.3) is 5.91 Å². The van der Waals surface area contributed by atoms with E-state index >= 15 is 0 Å². The lowest BCUT2D eigenvalue weighted by atomic mass is 10.3. The van der Waals surface area contributed by atoms with Crippen molar-refractivity contribution in [1.82, 2.24) is 18.9 Å². The van der Waals surface area contributed by atoms with Crippen LogP contribution in [0.4, 0.5) is 4.39 Å². The Hall–Kier alpha value is -3.02. The van der Waals surface area contributed by atoms with E-state index in [4.69, 9.17) is 0 Å². The number of halogens is 1. The summed E-state index contributed by atoms with van der Waals surface area (Å²) >= 11 is 0. The molecule has 108 valence electrons. The average molecular weight is 294 g/mol. The van der Waals surface area contributed by atoms with Crippen LogP contribution in [0.3, 0.4) is 0 Å². The molecule has 0 aliphatic heterocycles. The molecular formula is C16H11FN4O. The molecule has 0 radical (unpaired) electrons. The molecule has 22 heavy (non-hydrogen) atoms. The van der Waals surface area contributed by atoms with Crippen LogP contribution in [0, 0.1) is 12.7 Å². The fraction of sp³-hybridized carbons (Fsp3) is 0.0625. The molecule has 0 unspecified atom stereocenters. The Bertz CT molecular complexity index is 1030. The quantitative estimate of drug-likeness (QED) is 0.542. The summed E-state index contributed by atoms with van der Waals surface area (Å²) in [6.07, 6.45) is 2.74. The molecule has 0 aliphatic rings. The Kier molecular flexibility index (Phi) is 2.59. The first-order valence-electron chi connectivity index (χ1n) is 6.76. The Labute approximate surface area is 124 Å². The number of nitrogens with zero attached hydrogens (tertiary/aromatic N) is 4. The summed E-state index contributed by atoms with van der Waals surface area (Å²) in [6.45, 7) is 1.73. The summed E-state index contributed by atoms with van der Waals surface area (Å²) in [6, 6.07) is 10.2. The van der Waals surface area contributed by atoms with E-state index in [1.807, 2.05) is 24.3 Å². The van der Waals surface area contributed by atoms with Crippen molar-refractivity contribution in [3.8, 4) is 0 Å². The minimum absolute atomic E-state index is 0.288. The molecule has 0 saturated heterocycles. The number of benzene rings is 1. The Morgan fingerprint density at radius 2 is 2.00 bits per heavy atom. The molecule has 0 fully saturated rings. The number of aromatic nitrogens is 4. The number of aryl methyl sites for hydroxylation is 1. The first-order valence-corrected chi connectivity index (χ1v) is 6.76. The molecule has 1 aromatic carbocycles. The van der Waals surface area contributed by atoms with Crippen molar-refractivity contribution in [3.05, 3.63) is 66.1 Å². The van der Waals surface area contributed by atoms with Crippen molar-refractivity contribution in [2.45, 2.75) is 6.92 Å². The van der Waals surface area contributed by atoms with E-state index in [0.29, 0.717) is 22.6 Å². The second kappa shape index (κ2) is 4.49. The van der Waals surface area contributed by atoms with E-state index in [-0.39, 0.29) is 5.91 Å². The van der Waals surface area contributed by atoms with Crippen LogP contribution >= 0.6 is 0 Å². The van der Waals surface area contributed by atoms with Gasteiger partial charge in [0.05, 0.1) is 16.7 Å². The number of pyridine rings is 1. The summed E-state index contributed by atoms with van der Waals surface area (Å²) < 4.78 is 16.4. The number of fused-ring (bicyclic) bond motifs is 2. The number of carbonyl (C=O) groups excluding carboxylic acids is 1. The van der Waals surface area contributed by atoms with Crippen molar-refractivity contribution in [2.24, 2.45) is 0 Å². The van der Waals surface area contributed by atoms with E-state index in [9.17, 15) is 9.18 Å². The summed E-state index contributed by atoms with van der Waals surface area (Å²) in [5.41, 5.74) is 2.85. The molecule has 0 bridgehead atoms. The highest BCUT2D eigenvalue weighted by molar-refractivity contribution is 6.01. The van der Waals surface area contributed by atoms with Gasteiger partial charge in [0, 0.05) is 6.20 Å². The monoisotopic (exact) mass is 294 g/mol. The van der Waals surface area contributed by atoms with Gasteiger partial charge >= 0.3 is 0 Å². The van der Waals surface area contributed by atoms with Crippen LogP contribution in [0.2, 0.25) is 0 Å². The molecule has 4 rings (SSSR count). The van der Waals surface area contributed by atoms with Crippen LogP contribution in [0.1, 0.15) is 16.2 Å². The molecule has 3 heterocycles. The predicted molar refractivity (Wildman–Crippen MR) is 79.3 cm³/mol. The molecule has 0 atom stereocenters. The largest absolute Gasteiger partial charge is 0.292 e. The second-order valence-electron chi connectivity index (χ2n) is 5.03. The average Bonchev–Trinajstić information content (AvgIpc) is 3.07. The number of hydrogen-bond acceptors (Lipinski definition) is 3. The minimum atomic E-state index is -0.422. The van der Waals surface area contributed by atoms with Gasteiger partial charge in [0.15, 0.2) is 0 Å². The molecular weight excluding hydrogens is 283 g/mol. The zero-order chi connectivity index (χ0) is 15.3. The third kappa shape index (κ3) is 1.74. The number of rotatable bonds is 1. The van der Waals surface area contributed by atoms with E-state index < -0.39 is 5.82 Å². The highest BCUT2D eigenvalue weighted by Crippen LogP contribution is 2.18. The zero-order valence-electron chi connectivity index (χ0n) is 11.7. The van der Waals surface area contributed by atoms with E-state index in [2.05, 4.69) is 9.97 Å². The van der Waals surface area contributed by atoms with Crippen LogP contribution < -0.4 is 0 Å². The Morgan fingerprint density at radius 3 is 2.86 bits per heavy atom. The SMILES string of the molecule is Cc1nc2ccc(F)cn2c1C(=O)n1cnc2ccccc21. The molecule has 0 amide bonds. The predicted octanol–water partition coefficient (Wildman–Crippen LogP) is 2.82. The third-order valence-corrected chi connectivity index (χ3v) is 3.63. The van der Waals surface area contributed by atoms with Gasteiger partial charge in [-0.15, -0.1) is 0 Å². The molecule has 0 N–H and O–H groups in total. The lowest BCUT2D eigenvalue weighted by Crippen LogP contribution is -2.14. The molecule has 0 saturated carbocycles. The third-order valence-electron chi connectivity index (χ3n) is 3.63. The van der Waals surface area contributed by atoms with Gasteiger partial charge in [-0.05, 0) is 31.2 Å². The second-order valence-corrected chi connectivity index (χ2v) is 5.03. The first-order chi connectivity index (χ1) is 10.6.